The van der Waals surface area contributed by atoms with Gasteiger partial charge >= 0.3 is 0 Å². The smallest absolute Gasteiger partial charge is 0.0448 e. The molecule has 0 radical (unpaired) electrons. The summed E-state index contributed by atoms with van der Waals surface area (Å²) in [6, 6.07) is 4.22. The summed E-state index contributed by atoms with van der Waals surface area (Å²) in [5.74, 6) is 3.46. The van der Waals surface area contributed by atoms with E-state index in [0.717, 1.165) is 11.8 Å². The van der Waals surface area contributed by atoms with Crippen LogP contribution in [0.2, 0.25) is 77.1 Å². The first kappa shape index (κ1) is 36.9. The van der Waals surface area contributed by atoms with Crippen LogP contribution in [0.25, 0.3) is 0 Å². The van der Waals surface area contributed by atoms with Crippen LogP contribution in [-0.2, 0) is 0 Å². The molecule has 0 heterocycles. The summed E-state index contributed by atoms with van der Waals surface area (Å²) in [4.78, 5) is 0. The van der Waals surface area contributed by atoms with E-state index >= 15 is 0 Å². The minimum absolute atomic E-state index is 0.575. The molecule has 0 rings (SSSR count). The molecule has 0 saturated carbocycles. The SMILES string of the molecule is CCCCCCC/C=C/C(C/C=C/C(/C=C/C(C)C[Si](C)(C)C)C(C)C[Si](C)(C)C)C(C)C[Si](C)(C)C. The maximum absolute atomic E-state index is 2.60. The van der Waals surface area contributed by atoms with Gasteiger partial charge in [-0.25, -0.2) is 0 Å². The Morgan fingerprint density at radius 3 is 1.62 bits per heavy atom. The van der Waals surface area contributed by atoms with Gasteiger partial charge in [-0.3, -0.25) is 0 Å². The van der Waals surface area contributed by atoms with Gasteiger partial charge in [0.05, 0.1) is 0 Å². The molecule has 5 atom stereocenters. The lowest BCUT2D eigenvalue weighted by Crippen LogP contribution is -2.26. The van der Waals surface area contributed by atoms with Crippen molar-refractivity contribution >= 4 is 24.2 Å². The van der Waals surface area contributed by atoms with Crippen molar-refractivity contribution < 1.29 is 0 Å². The first-order valence-electron chi connectivity index (χ1n) is 15.9. The molecule has 0 nitrogen and oxygen atoms in total. The average Bonchev–Trinajstić information content (AvgIpc) is 2.69. The molecule has 0 aliphatic carbocycles. The lowest BCUT2D eigenvalue weighted by atomic mass is 9.89. The van der Waals surface area contributed by atoms with Gasteiger partial charge in [0.1, 0.15) is 0 Å². The Labute approximate surface area is 239 Å². The third-order valence-electron chi connectivity index (χ3n) is 7.48. The quantitative estimate of drug-likeness (QED) is 0.0786. The highest BCUT2D eigenvalue weighted by molar-refractivity contribution is 6.76. The first-order chi connectivity index (χ1) is 16.9. The van der Waals surface area contributed by atoms with Crippen LogP contribution in [-0.4, -0.2) is 24.2 Å². The van der Waals surface area contributed by atoms with E-state index < -0.39 is 24.2 Å². The van der Waals surface area contributed by atoms with Crippen LogP contribution in [0, 0.1) is 29.6 Å². The van der Waals surface area contributed by atoms with E-state index in [-0.39, 0.29) is 0 Å². The third-order valence-corrected chi connectivity index (χ3v) is 13.1. The van der Waals surface area contributed by atoms with Crippen molar-refractivity contribution in [2.45, 2.75) is 150 Å². The molecule has 0 aromatic heterocycles. The van der Waals surface area contributed by atoms with Gasteiger partial charge in [-0.1, -0.05) is 167 Å². The highest BCUT2D eigenvalue weighted by atomic mass is 28.3. The predicted molar refractivity (Wildman–Crippen MR) is 184 cm³/mol. The second-order valence-corrected chi connectivity index (χ2v) is 32.7. The highest BCUT2D eigenvalue weighted by Gasteiger charge is 2.24. The van der Waals surface area contributed by atoms with Crippen LogP contribution >= 0.6 is 0 Å². The summed E-state index contributed by atoms with van der Waals surface area (Å²) >= 11 is 0. The summed E-state index contributed by atoms with van der Waals surface area (Å²) in [6.07, 6.45) is 24.8. The number of rotatable bonds is 20. The van der Waals surface area contributed by atoms with Gasteiger partial charge in [-0.15, -0.1) is 0 Å². The Balaban J connectivity index is 5.49. The first-order valence-corrected chi connectivity index (χ1v) is 27.1. The third kappa shape index (κ3) is 22.4. The Hall–Kier alpha value is -0.129. The second-order valence-electron chi connectivity index (χ2n) is 16.1. The number of hydrogen-bond donors (Lipinski definition) is 0. The Morgan fingerprint density at radius 1 is 0.541 bits per heavy atom. The average molecular weight is 563 g/mol. The summed E-state index contributed by atoms with van der Waals surface area (Å²) < 4.78 is 0. The number of allylic oxidation sites excluding steroid dienone is 6. The second kappa shape index (κ2) is 18.3. The molecular weight excluding hydrogens is 493 g/mol. The van der Waals surface area contributed by atoms with Gasteiger partial charge in [-0.2, -0.15) is 0 Å². The fraction of sp³-hybridized carbons (Fsp3) is 0.824. The van der Waals surface area contributed by atoms with Crippen LogP contribution < -0.4 is 0 Å². The Kier molecular flexibility index (Phi) is 18.2. The molecule has 0 saturated heterocycles. The lowest BCUT2D eigenvalue weighted by Gasteiger charge is -2.27. The van der Waals surface area contributed by atoms with Crippen molar-refractivity contribution in [2.75, 3.05) is 0 Å². The molecule has 0 aromatic carbocycles. The van der Waals surface area contributed by atoms with E-state index in [9.17, 15) is 0 Å². The van der Waals surface area contributed by atoms with Crippen molar-refractivity contribution in [3.63, 3.8) is 0 Å². The zero-order valence-corrected chi connectivity index (χ0v) is 30.9. The van der Waals surface area contributed by atoms with E-state index in [4.69, 9.17) is 0 Å². The van der Waals surface area contributed by atoms with E-state index in [1.807, 2.05) is 0 Å². The predicted octanol–water partition coefficient (Wildman–Crippen LogP) is 12.6. The molecule has 0 amide bonds. The Morgan fingerprint density at radius 2 is 1.08 bits per heavy atom. The molecule has 5 unspecified atom stereocenters. The van der Waals surface area contributed by atoms with Crippen LogP contribution in [0.3, 0.4) is 0 Å². The largest absolute Gasteiger partial charge is 0.0882 e. The summed E-state index contributed by atoms with van der Waals surface area (Å²) in [5.41, 5.74) is 0. The minimum atomic E-state index is -1.08. The van der Waals surface area contributed by atoms with Crippen LogP contribution in [0.4, 0.5) is 0 Å². The molecule has 37 heavy (non-hydrogen) atoms. The zero-order chi connectivity index (χ0) is 28.7. The van der Waals surface area contributed by atoms with Gasteiger partial charge in [0.2, 0.25) is 0 Å². The molecule has 218 valence electrons. The van der Waals surface area contributed by atoms with Gasteiger partial charge in [0, 0.05) is 24.2 Å². The van der Waals surface area contributed by atoms with Gasteiger partial charge < -0.3 is 0 Å². The van der Waals surface area contributed by atoms with Crippen LogP contribution in [0.5, 0.6) is 0 Å². The summed E-state index contributed by atoms with van der Waals surface area (Å²) in [7, 11) is -3.17. The molecule has 0 spiro atoms. The molecule has 0 bridgehead atoms. The zero-order valence-electron chi connectivity index (χ0n) is 27.9. The van der Waals surface area contributed by atoms with Crippen molar-refractivity contribution in [3.8, 4) is 0 Å². The van der Waals surface area contributed by atoms with E-state index in [0.29, 0.717) is 17.8 Å². The highest BCUT2D eigenvalue weighted by Crippen LogP contribution is 2.30. The van der Waals surface area contributed by atoms with Gasteiger partial charge in [0.25, 0.3) is 0 Å². The minimum Gasteiger partial charge on any atom is -0.0882 e. The van der Waals surface area contributed by atoms with Crippen molar-refractivity contribution in [1.29, 1.82) is 0 Å². The van der Waals surface area contributed by atoms with E-state index in [1.54, 1.807) is 0 Å². The topological polar surface area (TPSA) is 0 Å². The van der Waals surface area contributed by atoms with Crippen molar-refractivity contribution in [2.24, 2.45) is 29.6 Å². The number of unbranched alkanes of at least 4 members (excludes halogenated alkanes) is 5. The van der Waals surface area contributed by atoms with Gasteiger partial charge in [0.15, 0.2) is 0 Å². The molecule has 0 N–H and O–H groups in total. The lowest BCUT2D eigenvalue weighted by molar-refractivity contribution is 0.461. The molecule has 0 aliphatic rings. The van der Waals surface area contributed by atoms with Crippen LogP contribution in [0.1, 0.15) is 72.6 Å². The van der Waals surface area contributed by atoms with Crippen molar-refractivity contribution in [1.82, 2.24) is 0 Å². The van der Waals surface area contributed by atoms with Crippen molar-refractivity contribution in [3.05, 3.63) is 36.5 Å². The maximum Gasteiger partial charge on any atom is 0.0448 e. The standard InChI is InChI=1S/C34H70Si3/c1-14-15-16-17-18-19-20-22-33(31(3)28-36(8,9)10)23-21-24-34(32(4)29-37(11,12)13)26-25-30(2)27-35(5,6)7/h20-22,24-26,30-34H,14-19,23,27-29H2,1-13H3/b22-20+,24-21+,26-25+. The maximum atomic E-state index is 2.60. The summed E-state index contributed by atoms with van der Waals surface area (Å²) in [5, 5.41) is 0. The number of hydrogen-bond acceptors (Lipinski definition) is 0. The Bertz CT molecular complexity index is 654. The fourth-order valence-corrected chi connectivity index (χ4v) is 12.6. The molecule has 0 fully saturated rings. The van der Waals surface area contributed by atoms with E-state index in [2.05, 4.69) is 123 Å². The molecule has 0 aromatic rings. The molecular formula is C34H70Si3. The van der Waals surface area contributed by atoms with E-state index in [1.165, 1.54) is 63.1 Å². The van der Waals surface area contributed by atoms with Crippen LogP contribution in [0.15, 0.2) is 36.5 Å². The molecule has 3 heteroatoms. The summed E-state index contributed by atoms with van der Waals surface area (Å²) in [6.45, 7) is 32.5. The fourth-order valence-electron chi connectivity index (χ4n) is 6.04. The normalized spacial score (nSPS) is 18.1. The monoisotopic (exact) mass is 562 g/mol. The molecule has 0 aliphatic heterocycles. The van der Waals surface area contributed by atoms with Gasteiger partial charge in [-0.05, 0) is 48.9 Å².